The van der Waals surface area contributed by atoms with E-state index in [-0.39, 0.29) is 10.9 Å². The normalized spacial score (nSPS) is 20.3. The van der Waals surface area contributed by atoms with Crippen LogP contribution in [0.4, 0.5) is 4.39 Å². The molecule has 0 bridgehead atoms. The van der Waals surface area contributed by atoms with E-state index in [2.05, 4.69) is 5.10 Å². The van der Waals surface area contributed by atoms with Crippen LogP contribution < -0.4 is 0 Å². The predicted molar refractivity (Wildman–Crippen MR) is 84.7 cm³/mol. The second-order valence-corrected chi connectivity index (χ2v) is 7.74. The molecule has 1 fully saturated rings. The Morgan fingerprint density at radius 3 is 2.52 bits per heavy atom. The first-order valence-corrected chi connectivity index (χ1v) is 9.19. The van der Waals surface area contributed by atoms with Crippen LogP contribution in [0.5, 0.6) is 0 Å². The summed E-state index contributed by atoms with van der Waals surface area (Å²) in [5, 5.41) is 4.40. The lowest BCUT2D eigenvalue weighted by molar-refractivity contribution is 0.321. The molecular formula is C16H20FN3O2S. The lowest BCUT2D eigenvalue weighted by Gasteiger charge is -2.28. The van der Waals surface area contributed by atoms with Gasteiger partial charge in [-0.25, -0.2) is 12.8 Å². The summed E-state index contributed by atoms with van der Waals surface area (Å²) in [5.74, 6) is -0.443. The second kappa shape index (κ2) is 6.41. The van der Waals surface area contributed by atoms with Crippen LogP contribution in [0, 0.1) is 5.82 Å². The molecule has 0 aliphatic carbocycles. The molecule has 1 aliphatic rings. The molecule has 1 saturated heterocycles. The van der Waals surface area contributed by atoms with E-state index < -0.39 is 15.8 Å². The van der Waals surface area contributed by atoms with Crippen molar-refractivity contribution in [2.45, 2.75) is 36.6 Å². The number of rotatable bonds is 3. The highest BCUT2D eigenvalue weighted by Crippen LogP contribution is 2.33. The van der Waals surface area contributed by atoms with E-state index in [1.54, 1.807) is 4.68 Å². The van der Waals surface area contributed by atoms with Crippen molar-refractivity contribution in [1.29, 1.82) is 0 Å². The summed E-state index contributed by atoms with van der Waals surface area (Å²) in [7, 11) is -1.85. The fraction of sp³-hybridized carbons (Fsp3) is 0.438. The molecule has 0 amide bonds. The van der Waals surface area contributed by atoms with E-state index in [0.717, 1.165) is 31.4 Å². The van der Waals surface area contributed by atoms with Gasteiger partial charge >= 0.3 is 0 Å². The maximum atomic E-state index is 13.1. The average molecular weight is 337 g/mol. The molecule has 0 saturated carbocycles. The third-order valence-corrected chi connectivity index (χ3v) is 6.12. The number of nitrogens with zero attached hydrogens (tertiary/aromatic N) is 3. The Balaban J connectivity index is 2.00. The van der Waals surface area contributed by atoms with Crippen molar-refractivity contribution in [3.63, 3.8) is 0 Å². The van der Waals surface area contributed by atoms with Gasteiger partial charge in [0.1, 0.15) is 5.82 Å². The highest BCUT2D eigenvalue weighted by Gasteiger charge is 2.34. The van der Waals surface area contributed by atoms with Crippen molar-refractivity contribution in [2.75, 3.05) is 6.54 Å². The van der Waals surface area contributed by atoms with Crippen molar-refractivity contribution in [2.24, 2.45) is 7.05 Å². The molecule has 1 aromatic carbocycles. The maximum Gasteiger partial charge on any atom is 0.243 e. The van der Waals surface area contributed by atoms with Crippen molar-refractivity contribution >= 4 is 10.0 Å². The van der Waals surface area contributed by atoms with Gasteiger partial charge in [0.05, 0.1) is 16.6 Å². The molecule has 23 heavy (non-hydrogen) atoms. The van der Waals surface area contributed by atoms with E-state index in [9.17, 15) is 12.8 Å². The van der Waals surface area contributed by atoms with Gasteiger partial charge in [0.15, 0.2) is 0 Å². The number of hydrogen-bond donors (Lipinski definition) is 0. The molecule has 0 N–H and O–H groups in total. The molecule has 1 atom stereocenters. The monoisotopic (exact) mass is 337 g/mol. The maximum absolute atomic E-state index is 13.1. The van der Waals surface area contributed by atoms with E-state index >= 15 is 0 Å². The topological polar surface area (TPSA) is 55.2 Å². The third-order valence-electron chi connectivity index (χ3n) is 4.20. The Morgan fingerprint density at radius 2 is 1.87 bits per heavy atom. The molecule has 0 radical (unpaired) electrons. The van der Waals surface area contributed by atoms with E-state index in [4.69, 9.17) is 0 Å². The number of aromatic nitrogens is 2. The van der Waals surface area contributed by atoms with Gasteiger partial charge in [-0.1, -0.05) is 12.8 Å². The minimum absolute atomic E-state index is 0.127. The van der Waals surface area contributed by atoms with Crippen LogP contribution in [0.25, 0.3) is 0 Å². The SMILES string of the molecule is Cn1ccc([C@H]2CCCCCN2S(=O)(=O)c2ccc(F)cc2)n1. The van der Waals surface area contributed by atoms with Crippen LogP contribution >= 0.6 is 0 Å². The number of aryl methyl sites for hydroxylation is 1. The van der Waals surface area contributed by atoms with Gasteiger partial charge in [-0.05, 0) is 43.2 Å². The third kappa shape index (κ3) is 3.30. The first-order valence-electron chi connectivity index (χ1n) is 7.75. The zero-order valence-corrected chi connectivity index (χ0v) is 13.8. The highest BCUT2D eigenvalue weighted by atomic mass is 32.2. The van der Waals surface area contributed by atoms with E-state index in [1.807, 2.05) is 19.3 Å². The summed E-state index contributed by atoms with van der Waals surface area (Å²) in [6.07, 6.45) is 5.36. The van der Waals surface area contributed by atoms with Gasteiger partial charge in [0.2, 0.25) is 10.0 Å². The smallest absolute Gasteiger partial charge is 0.243 e. The first-order chi connectivity index (χ1) is 11.0. The summed E-state index contributed by atoms with van der Waals surface area (Å²) in [4.78, 5) is 0.127. The van der Waals surface area contributed by atoms with Gasteiger partial charge in [-0.2, -0.15) is 9.40 Å². The molecule has 1 aliphatic heterocycles. The Bertz CT molecular complexity index is 771. The van der Waals surface area contributed by atoms with E-state index in [1.165, 1.54) is 28.6 Å². The summed E-state index contributed by atoms with van der Waals surface area (Å²) >= 11 is 0. The fourth-order valence-corrected chi connectivity index (χ4v) is 4.69. The van der Waals surface area contributed by atoms with Gasteiger partial charge < -0.3 is 0 Å². The second-order valence-electron chi connectivity index (χ2n) is 5.85. The Morgan fingerprint density at radius 1 is 1.13 bits per heavy atom. The van der Waals surface area contributed by atoms with Gasteiger partial charge in [0, 0.05) is 19.8 Å². The molecule has 2 aromatic rings. The minimum Gasteiger partial charge on any atom is -0.275 e. The molecule has 5 nitrogen and oxygen atoms in total. The van der Waals surface area contributed by atoms with Gasteiger partial charge in [-0.15, -0.1) is 0 Å². The zero-order valence-electron chi connectivity index (χ0n) is 13.0. The van der Waals surface area contributed by atoms with Gasteiger partial charge in [0.25, 0.3) is 0 Å². The Kier molecular flexibility index (Phi) is 4.50. The minimum atomic E-state index is -3.67. The lowest BCUT2D eigenvalue weighted by atomic mass is 10.1. The van der Waals surface area contributed by atoms with Crippen LogP contribution in [-0.2, 0) is 17.1 Å². The average Bonchev–Trinajstić information content (AvgIpc) is 2.80. The number of halogens is 1. The molecule has 0 unspecified atom stereocenters. The van der Waals surface area contributed by atoms with Crippen LogP contribution in [-0.4, -0.2) is 29.0 Å². The summed E-state index contributed by atoms with van der Waals surface area (Å²) in [5.41, 5.74) is 0.764. The Hall–Kier alpha value is -1.73. The van der Waals surface area contributed by atoms with Crippen molar-refractivity contribution in [1.82, 2.24) is 14.1 Å². The standard InChI is InChI=1S/C16H20FN3O2S/c1-19-12-10-15(18-19)16-5-3-2-4-11-20(16)23(21,22)14-8-6-13(17)7-9-14/h6-10,12,16H,2-5,11H2,1H3/t16-/m1/s1. The zero-order chi connectivity index (χ0) is 16.4. The number of sulfonamides is 1. The van der Waals surface area contributed by atoms with Crippen LogP contribution in [0.1, 0.15) is 37.4 Å². The summed E-state index contributed by atoms with van der Waals surface area (Å²) in [6.45, 7) is 0.459. The molecule has 3 rings (SSSR count). The van der Waals surface area contributed by atoms with Crippen LogP contribution in [0.15, 0.2) is 41.4 Å². The molecule has 7 heteroatoms. The Labute approximate surface area is 135 Å². The summed E-state index contributed by atoms with van der Waals surface area (Å²) < 4.78 is 42.3. The molecule has 0 spiro atoms. The molecule has 2 heterocycles. The van der Waals surface area contributed by atoms with Crippen molar-refractivity contribution < 1.29 is 12.8 Å². The largest absolute Gasteiger partial charge is 0.275 e. The van der Waals surface area contributed by atoms with Crippen molar-refractivity contribution in [3.8, 4) is 0 Å². The molecule has 124 valence electrons. The molecular weight excluding hydrogens is 317 g/mol. The van der Waals surface area contributed by atoms with E-state index in [0.29, 0.717) is 6.54 Å². The number of hydrogen-bond acceptors (Lipinski definition) is 3. The summed E-state index contributed by atoms with van der Waals surface area (Å²) in [6, 6.07) is 6.61. The highest BCUT2D eigenvalue weighted by molar-refractivity contribution is 7.89. The van der Waals surface area contributed by atoms with Crippen LogP contribution in [0.3, 0.4) is 0 Å². The predicted octanol–water partition coefficient (Wildman–Crippen LogP) is 2.87. The van der Waals surface area contributed by atoms with Crippen LogP contribution in [0.2, 0.25) is 0 Å². The quantitative estimate of drug-likeness (QED) is 0.865. The fourth-order valence-electron chi connectivity index (χ4n) is 3.02. The number of benzene rings is 1. The van der Waals surface area contributed by atoms with Crippen molar-refractivity contribution in [3.05, 3.63) is 48.0 Å². The first kappa shape index (κ1) is 16.1. The lowest BCUT2D eigenvalue weighted by Crippen LogP contribution is -2.35. The van der Waals surface area contributed by atoms with Gasteiger partial charge in [-0.3, -0.25) is 4.68 Å². The molecule has 1 aromatic heterocycles.